The van der Waals surface area contributed by atoms with Gasteiger partial charge in [0.1, 0.15) is 11.2 Å². The third kappa shape index (κ3) is 4.05. The minimum Gasteiger partial charge on any atom is -0.456 e. The van der Waals surface area contributed by atoms with Crippen LogP contribution in [0.5, 0.6) is 0 Å². The summed E-state index contributed by atoms with van der Waals surface area (Å²) in [6.45, 7) is 3.00. The molecule has 1 heterocycles. The lowest BCUT2D eigenvalue weighted by Gasteiger charge is -2.24. The van der Waals surface area contributed by atoms with E-state index in [-0.39, 0.29) is 22.3 Å². The van der Waals surface area contributed by atoms with Crippen molar-refractivity contribution in [2.24, 2.45) is 0 Å². The first-order valence-electron chi connectivity index (χ1n) is 29.9. The highest BCUT2D eigenvalue weighted by Crippen LogP contribution is 2.52. The smallest absolute Gasteiger partial charge is 0.136 e. The molecule has 0 bridgehead atoms. The van der Waals surface area contributed by atoms with Gasteiger partial charge in [0, 0.05) is 16.2 Å². The first-order valence-corrected chi connectivity index (χ1v) is 15.9. The van der Waals surface area contributed by atoms with Crippen molar-refractivity contribution in [3.05, 3.63) is 180 Å². The monoisotopic (exact) mass is 690 g/mol. The van der Waals surface area contributed by atoms with Gasteiger partial charge in [0.05, 0.1) is 38.4 Å². The number of fused-ring (bicyclic) bond motifs is 10. The van der Waals surface area contributed by atoms with Gasteiger partial charge in [-0.3, -0.25) is 0 Å². The fraction of sp³-hybridized carbons (Fsp3) is 0.0588. The highest BCUT2D eigenvalue weighted by Gasteiger charge is 2.37. The fourth-order valence-electron chi connectivity index (χ4n) is 7.27. The van der Waals surface area contributed by atoms with Crippen LogP contribution in [-0.2, 0) is 5.41 Å². The van der Waals surface area contributed by atoms with Crippen molar-refractivity contribution in [3.63, 3.8) is 0 Å². The predicted molar refractivity (Wildman–Crippen MR) is 220 cm³/mol. The van der Waals surface area contributed by atoms with Gasteiger partial charge in [-0.15, -0.1) is 0 Å². The molecule has 1 aliphatic carbocycles. The first-order chi connectivity index (χ1) is 37.2. The minimum atomic E-state index is -1.57. The summed E-state index contributed by atoms with van der Waals surface area (Å²) in [5.74, 6) is 0. The Bertz CT molecular complexity index is 4600. The molecule has 0 N–H and O–H groups in total. The molecule has 0 fully saturated rings. The Morgan fingerprint density at radius 1 is 0.423 bits per heavy atom. The maximum atomic E-state index is 9.95. The van der Waals surface area contributed by atoms with Crippen LogP contribution in [0.15, 0.2) is 174 Å². The maximum Gasteiger partial charge on any atom is 0.136 e. The Morgan fingerprint density at radius 2 is 0.962 bits per heavy atom. The molecule has 0 aliphatic heterocycles. The van der Waals surface area contributed by atoms with Gasteiger partial charge >= 0.3 is 0 Å². The van der Waals surface area contributed by atoms with Gasteiger partial charge < -0.3 is 4.42 Å². The Hall–Kier alpha value is -6.44. The first kappa shape index (κ1) is 13.0. The van der Waals surface area contributed by atoms with Gasteiger partial charge in [-0.2, -0.15) is 0 Å². The molecule has 0 unspecified atom stereocenters. The van der Waals surface area contributed by atoms with E-state index in [1.54, 1.807) is 0 Å². The minimum absolute atomic E-state index is 0.0416. The number of hydrogen-bond donors (Lipinski definition) is 0. The molecule has 1 aliphatic rings. The molecule has 1 nitrogen and oxygen atoms in total. The van der Waals surface area contributed by atoms with Crippen molar-refractivity contribution >= 4 is 54.3 Å². The largest absolute Gasteiger partial charge is 0.456 e. The normalized spacial score (nSPS) is 20.9. The van der Waals surface area contributed by atoms with E-state index < -0.39 is 262 Å². The lowest BCUT2D eigenvalue weighted by atomic mass is 9.78. The van der Waals surface area contributed by atoms with Crippen molar-refractivity contribution in [1.82, 2.24) is 0 Å². The quantitative estimate of drug-likeness (QED) is 0.168. The maximum absolute atomic E-state index is 9.95. The molecule has 0 spiro atoms. The van der Waals surface area contributed by atoms with Crippen LogP contribution in [0.3, 0.4) is 0 Å². The molecule has 0 saturated carbocycles. The molecule has 0 amide bonds. The Morgan fingerprint density at radius 3 is 1.69 bits per heavy atom. The summed E-state index contributed by atoms with van der Waals surface area (Å²) in [5.41, 5.74) is -7.46. The van der Waals surface area contributed by atoms with Gasteiger partial charge in [-0.05, 0) is 106 Å². The molecule has 11 rings (SSSR count). The predicted octanol–water partition coefficient (Wildman–Crippen LogP) is 14.4. The summed E-state index contributed by atoms with van der Waals surface area (Å²) in [6, 6.07) is -23.9. The van der Waals surface area contributed by atoms with Gasteiger partial charge in [0.25, 0.3) is 0 Å². The van der Waals surface area contributed by atoms with Crippen LogP contribution >= 0.6 is 0 Å². The number of benzene rings is 9. The van der Waals surface area contributed by atoms with Crippen LogP contribution in [0.2, 0.25) is 0 Å². The average molecular weight is 691 g/mol. The zero-order valence-corrected chi connectivity index (χ0v) is 26.9. The second-order valence-electron chi connectivity index (χ2n) is 12.6. The molecule has 1 aromatic heterocycles. The van der Waals surface area contributed by atoms with Crippen LogP contribution in [0.1, 0.15) is 63.4 Å². The van der Waals surface area contributed by atoms with Gasteiger partial charge in [0.15, 0.2) is 0 Å². The van der Waals surface area contributed by atoms with Crippen LogP contribution in [-0.4, -0.2) is 0 Å². The highest BCUT2D eigenvalue weighted by atomic mass is 16.3. The van der Waals surface area contributed by atoms with Gasteiger partial charge in [-0.25, -0.2) is 0 Å². The Kier molecular flexibility index (Phi) is 2.69. The van der Waals surface area contributed by atoms with Crippen molar-refractivity contribution in [1.29, 1.82) is 0 Å². The van der Waals surface area contributed by atoms with Crippen molar-refractivity contribution in [2.45, 2.75) is 19.3 Å². The van der Waals surface area contributed by atoms with Crippen LogP contribution in [0.4, 0.5) is 0 Å². The van der Waals surface area contributed by atoms with Crippen molar-refractivity contribution < 1.29 is 42.8 Å². The summed E-state index contributed by atoms with van der Waals surface area (Å²) in [7, 11) is 0. The van der Waals surface area contributed by atoms with E-state index in [1.165, 1.54) is 13.8 Å². The van der Waals surface area contributed by atoms with E-state index in [4.69, 9.17) is 26.3 Å². The number of furan rings is 1. The summed E-state index contributed by atoms with van der Waals surface area (Å²) >= 11 is 0. The molecule has 1 heteroatoms. The van der Waals surface area contributed by atoms with Gasteiger partial charge in [0.2, 0.25) is 0 Å². The van der Waals surface area contributed by atoms with E-state index >= 15 is 0 Å². The second kappa shape index (κ2) is 10.8. The Balaban J connectivity index is 1.35. The molecule has 52 heavy (non-hydrogen) atoms. The van der Waals surface area contributed by atoms with E-state index in [1.807, 2.05) is 0 Å². The third-order valence-electron chi connectivity index (χ3n) is 9.51. The Labute approximate surface area is 341 Å². The molecule has 0 radical (unpaired) electrons. The van der Waals surface area contributed by atoms with Crippen molar-refractivity contribution in [3.8, 4) is 44.5 Å². The van der Waals surface area contributed by atoms with Crippen LogP contribution < -0.4 is 0 Å². The standard InChI is InChI=1S/C51H34O/c1-51(2)44-21-10-9-14-37(44)42-20-11-19-36(50(42)51)32-22-24-33(25-23-32)47-38-15-5-7-17-40(38)48(41-18-8-6-16-39(41)47)34-27-28-45-43(30-34)49-35-13-4-3-12-31(35)26-29-46(49)52-45/h3-30H,1-2H3/i3D,4D,5D,6D,7D,8D,9D,10D,11D,12D,13D,14D,15D,16D,17D,18D,19D,20D,21D,22D,23D,24D,25D,26D,27D,28D,29D,30D. The third-order valence-corrected chi connectivity index (χ3v) is 9.51. The van der Waals surface area contributed by atoms with Crippen LogP contribution in [0.25, 0.3) is 98.8 Å². The SMILES string of the molecule is [2H]c1c([2H])c([2H])c2c(c1[2H])-c1c([2H])c([2H])c([2H])c(-c3c([2H])c([2H])c(-c4c5c([2H])c([2H])c([2H])c([2H])c5c(-c5c([2H])c([2H])c6oc7c([2H])c([2H])c8c([2H])c([2H])c([2H])c([2H])c8c7c6c5[2H])c5c([2H])c([2H])c([2H])c([2H])c45)c([2H])c3[2H])c1C2(C)C. The molecule has 10 aromatic rings. The van der Waals surface area contributed by atoms with Crippen LogP contribution in [0, 0.1) is 0 Å². The summed E-state index contributed by atoms with van der Waals surface area (Å²) < 4.78 is 262. The zero-order valence-electron chi connectivity index (χ0n) is 54.9. The average Bonchev–Trinajstić information content (AvgIpc) is 4.08. The highest BCUT2D eigenvalue weighted by molar-refractivity contribution is 6.23. The lowest BCUT2D eigenvalue weighted by Crippen LogP contribution is -2.16. The molecular formula is C51H34O. The van der Waals surface area contributed by atoms with E-state index in [9.17, 15) is 16.4 Å². The topological polar surface area (TPSA) is 13.1 Å². The molecule has 0 atom stereocenters. The van der Waals surface area contributed by atoms with E-state index in [0.29, 0.717) is 0 Å². The second-order valence-corrected chi connectivity index (χ2v) is 12.6. The number of rotatable bonds is 3. The fourth-order valence-corrected chi connectivity index (χ4v) is 7.27. The molecule has 244 valence electrons. The van der Waals surface area contributed by atoms with Gasteiger partial charge in [-0.1, -0.05) is 165 Å². The molecule has 0 saturated heterocycles. The zero-order chi connectivity index (χ0) is 58.9. The number of hydrogen-bond acceptors (Lipinski definition) is 1. The summed E-state index contributed by atoms with van der Waals surface area (Å²) in [4.78, 5) is 0. The summed E-state index contributed by atoms with van der Waals surface area (Å²) in [6.07, 6.45) is 0. The lowest BCUT2D eigenvalue weighted by molar-refractivity contribution is 0.662. The van der Waals surface area contributed by atoms with Crippen molar-refractivity contribution in [2.75, 3.05) is 0 Å². The van der Waals surface area contributed by atoms with E-state index in [2.05, 4.69) is 0 Å². The summed E-state index contributed by atoms with van der Waals surface area (Å²) in [5, 5.41) is -4.73. The molecule has 9 aromatic carbocycles. The van der Waals surface area contributed by atoms with E-state index in [0.717, 1.165) is 0 Å². The molecular weight excluding hydrogens is 629 g/mol.